The van der Waals surface area contributed by atoms with Crippen molar-refractivity contribution < 1.29 is 18.8 Å². The number of hydrogen-bond acceptors (Lipinski definition) is 4. The van der Waals surface area contributed by atoms with E-state index in [-0.39, 0.29) is 5.91 Å². The lowest BCUT2D eigenvalue weighted by Gasteiger charge is -2.34. The van der Waals surface area contributed by atoms with Gasteiger partial charge < -0.3 is 5.32 Å². The lowest BCUT2D eigenvalue weighted by molar-refractivity contribution is -0.147. The number of nitrogens with one attached hydrogen (secondary N) is 2. The fourth-order valence-electron chi connectivity index (χ4n) is 5.48. The molecule has 4 atom stereocenters. The lowest BCUT2D eigenvalue weighted by Crippen LogP contribution is -2.56. The molecule has 6 nitrogen and oxygen atoms in total. The number of anilines is 1. The second-order valence-corrected chi connectivity index (χ2v) is 9.58. The molecule has 3 heterocycles. The average Bonchev–Trinajstić information content (AvgIpc) is 3.27. The van der Waals surface area contributed by atoms with Crippen molar-refractivity contribution in [3.63, 3.8) is 0 Å². The van der Waals surface area contributed by atoms with Gasteiger partial charge in [0, 0.05) is 22.8 Å². The summed E-state index contributed by atoms with van der Waals surface area (Å²) in [6.07, 6.45) is 0.471. The van der Waals surface area contributed by atoms with Crippen LogP contribution in [0.3, 0.4) is 0 Å². The zero-order valence-corrected chi connectivity index (χ0v) is 17.6. The molecule has 5 rings (SSSR count). The van der Waals surface area contributed by atoms with Gasteiger partial charge in [-0.2, -0.15) is 0 Å². The first kappa shape index (κ1) is 19.9. The van der Waals surface area contributed by atoms with Gasteiger partial charge in [-0.05, 0) is 51.0 Å². The summed E-state index contributed by atoms with van der Waals surface area (Å²) in [6.45, 7) is 5.41. The number of halogens is 1. The highest BCUT2D eigenvalue weighted by atomic mass is 19.1. The van der Waals surface area contributed by atoms with Gasteiger partial charge in [0.15, 0.2) is 0 Å². The van der Waals surface area contributed by atoms with Crippen LogP contribution in [0.15, 0.2) is 48.5 Å². The first-order valence-corrected chi connectivity index (χ1v) is 10.5. The second kappa shape index (κ2) is 6.47. The van der Waals surface area contributed by atoms with E-state index in [4.69, 9.17) is 0 Å². The Labute approximate surface area is 179 Å². The summed E-state index contributed by atoms with van der Waals surface area (Å²) in [5, 5.41) is 6.13. The van der Waals surface area contributed by atoms with Gasteiger partial charge in [-0.15, -0.1) is 0 Å². The third kappa shape index (κ3) is 2.69. The van der Waals surface area contributed by atoms with E-state index in [1.165, 1.54) is 23.1 Å². The Hall–Kier alpha value is -3.06. The van der Waals surface area contributed by atoms with Gasteiger partial charge in [0.05, 0.1) is 11.8 Å². The monoisotopic (exact) mass is 421 g/mol. The predicted molar refractivity (Wildman–Crippen MR) is 112 cm³/mol. The SMILES string of the molecule is CC(C)(C)N1C(=O)[C@@H]2C(Cc3ccccc3)NC3(C(=O)Nc4ccc(F)cc43)[C@@H]2C1=O. The van der Waals surface area contributed by atoms with Crippen molar-refractivity contribution in [2.24, 2.45) is 11.8 Å². The Balaban J connectivity index is 1.68. The van der Waals surface area contributed by atoms with Gasteiger partial charge in [-0.1, -0.05) is 30.3 Å². The summed E-state index contributed by atoms with van der Waals surface area (Å²) in [7, 11) is 0. The Morgan fingerprint density at radius 2 is 1.74 bits per heavy atom. The molecule has 2 aromatic carbocycles. The van der Waals surface area contributed by atoms with Crippen LogP contribution in [0.1, 0.15) is 31.9 Å². The number of imide groups is 1. The molecule has 2 aromatic rings. The number of hydrogen-bond donors (Lipinski definition) is 2. The topological polar surface area (TPSA) is 78.5 Å². The molecule has 2 fully saturated rings. The number of nitrogens with zero attached hydrogens (tertiary/aromatic N) is 1. The highest BCUT2D eigenvalue weighted by Gasteiger charge is 2.71. The highest BCUT2D eigenvalue weighted by Crippen LogP contribution is 2.54. The van der Waals surface area contributed by atoms with Crippen LogP contribution < -0.4 is 10.6 Å². The quantitative estimate of drug-likeness (QED) is 0.731. The average molecular weight is 421 g/mol. The largest absolute Gasteiger partial charge is 0.324 e. The number of carbonyl (C=O) groups excluding carboxylic acids is 3. The summed E-state index contributed by atoms with van der Waals surface area (Å²) in [5.74, 6) is -3.24. The summed E-state index contributed by atoms with van der Waals surface area (Å²) >= 11 is 0. The van der Waals surface area contributed by atoms with Crippen molar-refractivity contribution in [3.8, 4) is 0 Å². The van der Waals surface area contributed by atoms with E-state index in [0.29, 0.717) is 17.7 Å². The van der Waals surface area contributed by atoms with E-state index in [2.05, 4.69) is 10.6 Å². The number of amides is 3. The fraction of sp³-hybridized carbons (Fsp3) is 0.375. The van der Waals surface area contributed by atoms with Crippen LogP contribution in [0.2, 0.25) is 0 Å². The number of fused-ring (bicyclic) bond motifs is 4. The van der Waals surface area contributed by atoms with Crippen LogP contribution in [-0.2, 0) is 26.3 Å². The maximum Gasteiger partial charge on any atom is 0.250 e. The van der Waals surface area contributed by atoms with Crippen LogP contribution in [0.4, 0.5) is 10.1 Å². The van der Waals surface area contributed by atoms with E-state index in [9.17, 15) is 18.8 Å². The van der Waals surface area contributed by atoms with Crippen LogP contribution in [0.5, 0.6) is 0 Å². The fourth-order valence-corrected chi connectivity index (χ4v) is 5.48. The molecule has 0 aromatic heterocycles. The third-order valence-corrected chi connectivity index (χ3v) is 6.65. The number of carbonyl (C=O) groups is 3. The Kier molecular flexibility index (Phi) is 4.15. The molecule has 0 bridgehead atoms. The zero-order valence-electron chi connectivity index (χ0n) is 17.6. The first-order chi connectivity index (χ1) is 14.6. The molecule has 0 saturated carbocycles. The van der Waals surface area contributed by atoms with Gasteiger partial charge in [0.1, 0.15) is 11.4 Å². The van der Waals surface area contributed by atoms with Gasteiger partial charge in [0.25, 0.3) is 0 Å². The van der Waals surface area contributed by atoms with Gasteiger partial charge in [0.2, 0.25) is 17.7 Å². The van der Waals surface area contributed by atoms with Crippen molar-refractivity contribution in [1.82, 2.24) is 10.2 Å². The number of benzene rings is 2. The molecule has 31 heavy (non-hydrogen) atoms. The summed E-state index contributed by atoms with van der Waals surface area (Å²) in [5.41, 5.74) is -0.360. The lowest BCUT2D eigenvalue weighted by atomic mass is 9.76. The molecule has 3 aliphatic rings. The molecule has 2 saturated heterocycles. The van der Waals surface area contributed by atoms with Crippen LogP contribution in [-0.4, -0.2) is 34.2 Å². The Morgan fingerprint density at radius 1 is 1.03 bits per heavy atom. The van der Waals surface area contributed by atoms with Crippen LogP contribution >= 0.6 is 0 Å². The van der Waals surface area contributed by atoms with Crippen molar-refractivity contribution in [1.29, 1.82) is 0 Å². The van der Waals surface area contributed by atoms with E-state index < -0.39 is 46.6 Å². The van der Waals surface area contributed by atoms with Crippen LogP contribution in [0, 0.1) is 17.7 Å². The second-order valence-electron chi connectivity index (χ2n) is 9.58. The molecular formula is C24H24FN3O3. The normalized spacial score (nSPS) is 29.5. The molecule has 0 radical (unpaired) electrons. The van der Waals surface area contributed by atoms with E-state index in [1.807, 2.05) is 30.3 Å². The molecule has 3 aliphatic heterocycles. The Morgan fingerprint density at radius 3 is 2.42 bits per heavy atom. The molecule has 2 N–H and O–H groups in total. The minimum absolute atomic E-state index is 0.287. The van der Waals surface area contributed by atoms with E-state index in [1.54, 1.807) is 20.8 Å². The number of likely N-dealkylation sites (tertiary alicyclic amines) is 1. The van der Waals surface area contributed by atoms with Crippen molar-refractivity contribution in [2.45, 2.75) is 44.3 Å². The zero-order chi connectivity index (χ0) is 22.1. The molecule has 7 heteroatoms. The summed E-state index contributed by atoms with van der Waals surface area (Å²) in [6, 6.07) is 13.2. The van der Waals surface area contributed by atoms with Gasteiger partial charge in [-0.3, -0.25) is 24.6 Å². The maximum absolute atomic E-state index is 14.2. The molecule has 160 valence electrons. The summed E-state index contributed by atoms with van der Waals surface area (Å²) < 4.78 is 14.2. The van der Waals surface area contributed by atoms with Crippen LogP contribution in [0.25, 0.3) is 0 Å². The molecule has 2 unspecified atom stereocenters. The molecule has 3 amide bonds. The number of rotatable bonds is 2. The minimum Gasteiger partial charge on any atom is -0.324 e. The van der Waals surface area contributed by atoms with Crippen molar-refractivity contribution in [2.75, 3.05) is 5.32 Å². The highest BCUT2D eigenvalue weighted by molar-refractivity contribution is 6.15. The van der Waals surface area contributed by atoms with Crippen molar-refractivity contribution in [3.05, 3.63) is 65.5 Å². The summed E-state index contributed by atoms with van der Waals surface area (Å²) in [4.78, 5) is 41.8. The predicted octanol–water partition coefficient (Wildman–Crippen LogP) is 2.59. The van der Waals surface area contributed by atoms with Gasteiger partial charge >= 0.3 is 0 Å². The molecule has 0 aliphatic carbocycles. The minimum atomic E-state index is -1.48. The van der Waals surface area contributed by atoms with E-state index in [0.717, 1.165) is 5.56 Å². The van der Waals surface area contributed by atoms with Crippen molar-refractivity contribution >= 4 is 23.4 Å². The molecular weight excluding hydrogens is 397 g/mol. The van der Waals surface area contributed by atoms with Gasteiger partial charge in [-0.25, -0.2) is 4.39 Å². The standard InChI is InChI=1S/C24H24FN3O3/c1-23(2,3)28-20(29)18-17(11-13-7-5-4-6-8-13)27-24(19(18)21(28)30)15-12-14(25)9-10-16(15)26-22(24)31/h4-10,12,17-19,27H,11H2,1-3H3,(H,26,31)/t17?,18-,19+,24?/m1/s1. The van der Waals surface area contributed by atoms with E-state index >= 15 is 0 Å². The maximum atomic E-state index is 14.2. The Bertz CT molecular complexity index is 1110. The smallest absolute Gasteiger partial charge is 0.250 e. The first-order valence-electron chi connectivity index (χ1n) is 10.5. The molecule has 1 spiro atoms. The third-order valence-electron chi connectivity index (χ3n) is 6.65.